The van der Waals surface area contributed by atoms with Gasteiger partial charge in [-0.3, -0.25) is 9.52 Å². The Balaban J connectivity index is 1.89. The van der Waals surface area contributed by atoms with E-state index in [0.29, 0.717) is 11.3 Å². The topological polar surface area (TPSA) is 75.3 Å². The van der Waals surface area contributed by atoms with Gasteiger partial charge in [-0.25, -0.2) is 12.8 Å². The van der Waals surface area contributed by atoms with E-state index in [-0.39, 0.29) is 22.1 Å². The first-order valence-corrected chi connectivity index (χ1v) is 10.6. The van der Waals surface area contributed by atoms with Crippen LogP contribution in [0, 0.1) is 12.7 Å². The van der Waals surface area contributed by atoms with Crippen LogP contribution in [0.2, 0.25) is 0 Å². The molecule has 3 rings (SSSR count). The van der Waals surface area contributed by atoms with Gasteiger partial charge in [0.25, 0.3) is 15.9 Å². The number of carbonyl (C=O) groups excluding carboxylic acids is 1. The number of benzene rings is 3. The number of anilines is 2. The molecule has 0 aliphatic rings. The molecule has 0 fully saturated rings. The number of carbonyl (C=O) groups is 1. The minimum Gasteiger partial charge on any atom is -0.322 e. The molecule has 2 N–H and O–H groups in total. The van der Waals surface area contributed by atoms with Crippen molar-refractivity contribution in [1.82, 2.24) is 0 Å². The highest BCUT2D eigenvalue weighted by Gasteiger charge is 2.19. The standard InChI is InChI=1S/C22H21FN2O3S/c1-3-16-6-4-5-7-21(16)24-22(26)20-14-19(13-8-15(20)2)29(27,28)25-18-11-9-17(23)10-12-18/h4-14,25H,3H2,1-2H3,(H,24,26). The molecule has 0 unspecified atom stereocenters. The third-order valence-electron chi connectivity index (χ3n) is 4.51. The minimum absolute atomic E-state index is 0.0543. The number of amides is 1. The fraction of sp³-hybridized carbons (Fsp3) is 0.136. The van der Waals surface area contributed by atoms with Crippen LogP contribution in [-0.4, -0.2) is 14.3 Å². The van der Waals surface area contributed by atoms with Crippen LogP contribution in [0.5, 0.6) is 0 Å². The molecule has 0 bridgehead atoms. The Morgan fingerprint density at radius 3 is 2.38 bits per heavy atom. The van der Waals surface area contributed by atoms with E-state index in [1.807, 2.05) is 31.2 Å². The fourth-order valence-electron chi connectivity index (χ4n) is 2.89. The Hall–Kier alpha value is -3.19. The lowest BCUT2D eigenvalue weighted by atomic mass is 10.1. The van der Waals surface area contributed by atoms with Gasteiger partial charge in [-0.2, -0.15) is 0 Å². The Morgan fingerprint density at radius 1 is 1.00 bits per heavy atom. The third-order valence-corrected chi connectivity index (χ3v) is 5.89. The highest BCUT2D eigenvalue weighted by atomic mass is 32.2. The lowest BCUT2D eigenvalue weighted by molar-refractivity contribution is 0.102. The van der Waals surface area contributed by atoms with Crippen molar-refractivity contribution in [2.45, 2.75) is 25.2 Å². The molecule has 0 aromatic heterocycles. The molecule has 5 nitrogen and oxygen atoms in total. The van der Waals surface area contributed by atoms with Crippen molar-refractivity contribution in [2.75, 3.05) is 10.0 Å². The molecule has 29 heavy (non-hydrogen) atoms. The van der Waals surface area contributed by atoms with E-state index < -0.39 is 15.8 Å². The minimum atomic E-state index is -3.94. The Bertz CT molecular complexity index is 1140. The van der Waals surface area contributed by atoms with Crippen LogP contribution in [0.4, 0.5) is 15.8 Å². The molecule has 0 saturated carbocycles. The van der Waals surface area contributed by atoms with Crippen LogP contribution in [0.25, 0.3) is 0 Å². The second-order valence-electron chi connectivity index (χ2n) is 6.55. The predicted molar refractivity (Wildman–Crippen MR) is 112 cm³/mol. The molecule has 3 aromatic carbocycles. The van der Waals surface area contributed by atoms with Crippen molar-refractivity contribution in [1.29, 1.82) is 0 Å². The molecule has 150 valence electrons. The maximum atomic E-state index is 13.0. The van der Waals surface area contributed by atoms with Gasteiger partial charge < -0.3 is 5.32 Å². The van der Waals surface area contributed by atoms with Gasteiger partial charge in [-0.15, -0.1) is 0 Å². The lowest BCUT2D eigenvalue weighted by Crippen LogP contribution is -2.17. The van der Waals surface area contributed by atoms with Crippen molar-refractivity contribution in [2.24, 2.45) is 0 Å². The molecule has 3 aromatic rings. The van der Waals surface area contributed by atoms with E-state index in [9.17, 15) is 17.6 Å². The number of halogens is 1. The summed E-state index contributed by atoms with van der Waals surface area (Å²) in [5.74, 6) is -0.850. The molecule has 1 amide bonds. The van der Waals surface area contributed by atoms with Crippen molar-refractivity contribution in [3.63, 3.8) is 0 Å². The van der Waals surface area contributed by atoms with Gasteiger partial charge in [0.15, 0.2) is 0 Å². The molecule has 0 heterocycles. The van der Waals surface area contributed by atoms with Crippen molar-refractivity contribution < 1.29 is 17.6 Å². The van der Waals surface area contributed by atoms with Crippen molar-refractivity contribution in [3.8, 4) is 0 Å². The molecular weight excluding hydrogens is 391 g/mol. The van der Waals surface area contributed by atoms with Crippen LogP contribution in [-0.2, 0) is 16.4 Å². The van der Waals surface area contributed by atoms with Crippen molar-refractivity contribution in [3.05, 3.63) is 89.2 Å². The first-order chi connectivity index (χ1) is 13.8. The summed E-state index contributed by atoms with van der Waals surface area (Å²) < 4.78 is 40.8. The van der Waals surface area contributed by atoms with E-state index in [0.717, 1.165) is 24.1 Å². The SMILES string of the molecule is CCc1ccccc1NC(=O)c1cc(S(=O)(=O)Nc2ccc(F)cc2)ccc1C. The van der Waals surface area contributed by atoms with E-state index in [1.54, 1.807) is 13.0 Å². The smallest absolute Gasteiger partial charge is 0.261 e. The number of hydrogen-bond donors (Lipinski definition) is 2. The highest BCUT2D eigenvalue weighted by molar-refractivity contribution is 7.92. The Kier molecular flexibility index (Phi) is 5.98. The van der Waals surface area contributed by atoms with E-state index in [2.05, 4.69) is 10.0 Å². The van der Waals surface area contributed by atoms with Gasteiger partial charge in [-0.1, -0.05) is 31.2 Å². The maximum absolute atomic E-state index is 13.0. The average molecular weight is 412 g/mol. The monoisotopic (exact) mass is 412 g/mol. The first-order valence-electron chi connectivity index (χ1n) is 9.08. The number of para-hydroxylation sites is 1. The summed E-state index contributed by atoms with van der Waals surface area (Å²) in [7, 11) is -3.94. The summed E-state index contributed by atoms with van der Waals surface area (Å²) in [4.78, 5) is 12.8. The number of nitrogens with one attached hydrogen (secondary N) is 2. The van der Waals surface area contributed by atoms with Gasteiger partial charge in [0, 0.05) is 16.9 Å². The molecule has 7 heteroatoms. The Morgan fingerprint density at radius 2 is 1.69 bits per heavy atom. The Labute approximate surface area is 169 Å². The zero-order chi connectivity index (χ0) is 21.0. The van der Waals surface area contributed by atoms with Gasteiger partial charge in [0.2, 0.25) is 0 Å². The second-order valence-corrected chi connectivity index (χ2v) is 8.24. The van der Waals surface area contributed by atoms with Gasteiger partial charge in [0.05, 0.1) is 4.90 Å². The quantitative estimate of drug-likeness (QED) is 0.614. The summed E-state index contributed by atoms with van der Waals surface area (Å²) in [5, 5.41) is 2.86. The molecule has 0 spiro atoms. The van der Waals surface area contributed by atoms with Gasteiger partial charge in [-0.05, 0) is 66.9 Å². The van der Waals surface area contributed by atoms with Crippen LogP contribution in [0.1, 0.15) is 28.4 Å². The summed E-state index contributed by atoms with van der Waals surface area (Å²) in [6, 6.07) is 16.8. The fourth-order valence-corrected chi connectivity index (χ4v) is 3.97. The van der Waals surface area contributed by atoms with Gasteiger partial charge in [0.1, 0.15) is 5.82 Å². The second kappa shape index (κ2) is 8.45. The van der Waals surface area contributed by atoms with Crippen molar-refractivity contribution >= 4 is 27.3 Å². The molecule has 0 atom stereocenters. The number of hydrogen-bond acceptors (Lipinski definition) is 3. The summed E-state index contributed by atoms with van der Waals surface area (Å²) in [5.41, 5.74) is 2.82. The molecule has 0 radical (unpaired) electrons. The lowest BCUT2D eigenvalue weighted by Gasteiger charge is -2.13. The van der Waals surface area contributed by atoms with Crippen LogP contribution in [0.15, 0.2) is 71.6 Å². The van der Waals surface area contributed by atoms with E-state index in [4.69, 9.17) is 0 Å². The summed E-state index contributed by atoms with van der Waals surface area (Å²) in [6.07, 6.45) is 0.755. The molecular formula is C22H21FN2O3S. The molecule has 0 aliphatic heterocycles. The molecule has 0 aliphatic carbocycles. The van der Waals surface area contributed by atoms with E-state index >= 15 is 0 Å². The predicted octanol–water partition coefficient (Wildman–Crippen LogP) is 4.75. The summed E-state index contributed by atoms with van der Waals surface area (Å²) >= 11 is 0. The zero-order valence-electron chi connectivity index (χ0n) is 16.1. The summed E-state index contributed by atoms with van der Waals surface area (Å²) in [6.45, 7) is 3.73. The number of rotatable bonds is 6. The maximum Gasteiger partial charge on any atom is 0.261 e. The van der Waals surface area contributed by atoms with Crippen LogP contribution in [0.3, 0.4) is 0 Å². The number of aryl methyl sites for hydroxylation is 2. The highest BCUT2D eigenvalue weighted by Crippen LogP contribution is 2.22. The number of sulfonamides is 1. The normalized spacial score (nSPS) is 11.1. The first kappa shape index (κ1) is 20.5. The third kappa shape index (κ3) is 4.81. The van der Waals surface area contributed by atoms with E-state index in [1.165, 1.54) is 24.3 Å². The van der Waals surface area contributed by atoms with Crippen LogP contribution >= 0.6 is 0 Å². The zero-order valence-corrected chi connectivity index (χ0v) is 16.9. The largest absolute Gasteiger partial charge is 0.322 e. The average Bonchev–Trinajstić information content (AvgIpc) is 2.70. The van der Waals surface area contributed by atoms with Crippen LogP contribution < -0.4 is 10.0 Å². The van der Waals surface area contributed by atoms with Gasteiger partial charge >= 0.3 is 0 Å². The molecule has 0 saturated heterocycles.